The summed E-state index contributed by atoms with van der Waals surface area (Å²) in [5, 5.41) is 1.29. The molecule has 0 bridgehead atoms. The highest BCUT2D eigenvalue weighted by Gasteiger charge is 2.23. The first-order valence-electron chi connectivity index (χ1n) is 4.45. The molecule has 3 heteroatoms. The Bertz CT molecular complexity index is 276. The molecular formula is C9H14N2S. The molecule has 0 spiro atoms. The molecule has 0 atom stereocenters. The Morgan fingerprint density at radius 3 is 2.83 bits per heavy atom. The van der Waals surface area contributed by atoms with E-state index in [1.807, 2.05) is 0 Å². The zero-order valence-corrected chi connectivity index (χ0v) is 8.16. The molecule has 1 saturated carbocycles. The Hall–Kier alpha value is -0.410. The second-order valence-corrected chi connectivity index (χ2v) is 4.64. The van der Waals surface area contributed by atoms with Crippen molar-refractivity contribution in [2.75, 3.05) is 0 Å². The lowest BCUT2D eigenvalue weighted by Crippen LogP contribution is -1.94. The van der Waals surface area contributed by atoms with Crippen LogP contribution in [-0.2, 0) is 13.0 Å². The van der Waals surface area contributed by atoms with Crippen LogP contribution in [0.2, 0.25) is 0 Å². The van der Waals surface area contributed by atoms with Gasteiger partial charge in [-0.1, -0.05) is 0 Å². The highest BCUT2D eigenvalue weighted by molar-refractivity contribution is 7.11. The van der Waals surface area contributed by atoms with E-state index in [1.165, 1.54) is 29.1 Å². The quantitative estimate of drug-likeness (QED) is 0.775. The Morgan fingerprint density at radius 1 is 1.58 bits per heavy atom. The van der Waals surface area contributed by atoms with E-state index in [2.05, 4.69) is 11.9 Å². The molecule has 2 rings (SSSR count). The molecule has 2 N–H and O–H groups in total. The minimum absolute atomic E-state index is 0.647. The lowest BCUT2D eigenvalue weighted by Gasteiger charge is -1.88. The summed E-state index contributed by atoms with van der Waals surface area (Å²) in [6, 6.07) is 0. The van der Waals surface area contributed by atoms with Gasteiger partial charge in [-0.05, 0) is 25.7 Å². The van der Waals surface area contributed by atoms with Gasteiger partial charge in [-0.2, -0.15) is 0 Å². The maximum atomic E-state index is 5.58. The van der Waals surface area contributed by atoms with E-state index < -0.39 is 0 Å². The maximum absolute atomic E-state index is 5.58. The van der Waals surface area contributed by atoms with Gasteiger partial charge >= 0.3 is 0 Å². The average molecular weight is 182 g/mol. The van der Waals surface area contributed by atoms with Crippen molar-refractivity contribution in [1.29, 1.82) is 0 Å². The average Bonchev–Trinajstić information content (AvgIpc) is 2.76. The first-order valence-corrected chi connectivity index (χ1v) is 5.26. The van der Waals surface area contributed by atoms with Gasteiger partial charge in [0, 0.05) is 17.8 Å². The van der Waals surface area contributed by atoms with Gasteiger partial charge in [0.2, 0.25) is 0 Å². The lowest BCUT2D eigenvalue weighted by molar-refractivity contribution is 0.820. The molecule has 66 valence electrons. The zero-order chi connectivity index (χ0) is 8.55. The molecule has 1 heterocycles. The van der Waals surface area contributed by atoms with Gasteiger partial charge in [-0.3, -0.25) is 0 Å². The van der Waals surface area contributed by atoms with Crippen molar-refractivity contribution in [3.8, 4) is 0 Å². The number of hydrogen-bond acceptors (Lipinski definition) is 3. The number of rotatable bonds is 3. The summed E-state index contributed by atoms with van der Waals surface area (Å²) in [7, 11) is 0. The summed E-state index contributed by atoms with van der Waals surface area (Å²) >= 11 is 1.79. The van der Waals surface area contributed by atoms with Crippen LogP contribution >= 0.6 is 11.3 Å². The number of aromatic nitrogens is 1. The third-order valence-corrected chi connectivity index (χ3v) is 3.48. The van der Waals surface area contributed by atoms with Crippen LogP contribution in [0.1, 0.15) is 28.4 Å². The Kier molecular flexibility index (Phi) is 2.15. The fourth-order valence-electron chi connectivity index (χ4n) is 1.33. The summed E-state index contributed by atoms with van der Waals surface area (Å²) in [6.07, 6.45) is 3.98. The van der Waals surface area contributed by atoms with Crippen molar-refractivity contribution in [2.45, 2.75) is 32.7 Å². The van der Waals surface area contributed by atoms with Crippen LogP contribution in [-0.4, -0.2) is 4.98 Å². The van der Waals surface area contributed by atoms with Gasteiger partial charge in [0.15, 0.2) is 0 Å². The van der Waals surface area contributed by atoms with Crippen LogP contribution < -0.4 is 5.73 Å². The second-order valence-electron chi connectivity index (χ2n) is 3.47. The molecule has 0 unspecified atom stereocenters. The Balaban J connectivity index is 2.10. The van der Waals surface area contributed by atoms with Crippen LogP contribution in [0.4, 0.5) is 0 Å². The molecule has 1 aromatic heterocycles. The molecule has 1 aromatic rings. The van der Waals surface area contributed by atoms with E-state index in [0.717, 1.165) is 11.6 Å². The maximum Gasteiger partial charge on any atom is 0.0934 e. The van der Waals surface area contributed by atoms with Crippen molar-refractivity contribution in [3.05, 3.63) is 15.6 Å². The predicted octanol–water partition coefficient (Wildman–Crippen LogP) is 1.86. The summed E-state index contributed by atoms with van der Waals surface area (Å²) < 4.78 is 0. The van der Waals surface area contributed by atoms with Crippen LogP contribution in [0.15, 0.2) is 0 Å². The number of hydrogen-bond donors (Lipinski definition) is 1. The lowest BCUT2D eigenvalue weighted by atomic mass is 10.3. The van der Waals surface area contributed by atoms with E-state index in [-0.39, 0.29) is 0 Å². The SMILES string of the molecule is Cc1nc(CC2CC2)sc1CN. The molecule has 0 radical (unpaired) electrons. The van der Waals surface area contributed by atoms with Crippen LogP contribution in [0.3, 0.4) is 0 Å². The normalized spacial score (nSPS) is 16.8. The van der Waals surface area contributed by atoms with Crippen molar-refractivity contribution < 1.29 is 0 Å². The van der Waals surface area contributed by atoms with Crippen molar-refractivity contribution in [1.82, 2.24) is 4.98 Å². The van der Waals surface area contributed by atoms with Gasteiger partial charge in [0.1, 0.15) is 0 Å². The van der Waals surface area contributed by atoms with Crippen LogP contribution in [0.5, 0.6) is 0 Å². The first-order chi connectivity index (χ1) is 5.79. The van der Waals surface area contributed by atoms with E-state index in [1.54, 1.807) is 11.3 Å². The molecule has 0 saturated heterocycles. The van der Waals surface area contributed by atoms with Gasteiger partial charge in [-0.15, -0.1) is 11.3 Å². The third kappa shape index (κ3) is 1.67. The fourth-order valence-corrected chi connectivity index (χ4v) is 2.40. The second kappa shape index (κ2) is 3.15. The molecule has 1 aliphatic carbocycles. The summed E-state index contributed by atoms with van der Waals surface area (Å²) in [5.74, 6) is 0.932. The van der Waals surface area contributed by atoms with Gasteiger partial charge < -0.3 is 5.73 Å². The number of thiazole rings is 1. The van der Waals surface area contributed by atoms with Crippen LogP contribution in [0, 0.1) is 12.8 Å². The topological polar surface area (TPSA) is 38.9 Å². The first kappa shape index (κ1) is 8.20. The molecular weight excluding hydrogens is 168 g/mol. The van der Waals surface area contributed by atoms with Crippen LogP contribution in [0.25, 0.3) is 0 Å². The Morgan fingerprint density at radius 2 is 2.33 bits per heavy atom. The fraction of sp³-hybridized carbons (Fsp3) is 0.667. The smallest absolute Gasteiger partial charge is 0.0934 e. The zero-order valence-electron chi connectivity index (χ0n) is 7.34. The largest absolute Gasteiger partial charge is 0.326 e. The summed E-state index contributed by atoms with van der Waals surface area (Å²) in [5.41, 5.74) is 6.72. The summed E-state index contributed by atoms with van der Waals surface area (Å²) in [6.45, 7) is 2.70. The molecule has 0 aliphatic heterocycles. The number of nitrogens with zero attached hydrogens (tertiary/aromatic N) is 1. The molecule has 0 aromatic carbocycles. The standard InChI is InChI=1S/C9H14N2S/c1-6-8(5-10)12-9(11-6)4-7-2-3-7/h7H,2-5,10H2,1H3. The van der Waals surface area contributed by atoms with Gasteiger partial charge in [-0.25, -0.2) is 4.98 Å². The van der Waals surface area contributed by atoms with E-state index in [4.69, 9.17) is 5.73 Å². The Labute approximate surface area is 76.8 Å². The van der Waals surface area contributed by atoms with Crippen molar-refractivity contribution >= 4 is 11.3 Å². The van der Waals surface area contributed by atoms with Gasteiger partial charge in [0.05, 0.1) is 10.7 Å². The molecule has 0 amide bonds. The van der Waals surface area contributed by atoms with Crippen molar-refractivity contribution in [2.24, 2.45) is 11.7 Å². The highest BCUT2D eigenvalue weighted by Crippen LogP contribution is 2.34. The molecule has 12 heavy (non-hydrogen) atoms. The number of nitrogens with two attached hydrogens (primary N) is 1. The van der Waals surface area contributed by atoms with E-state index in [0.29, 0.717) is 6.54 Å². The summed E-state index contributed by atoms with van der Waals surface area (Å²) in [4.78, 5) is 5.76. The van der Waals surface area contributed by atoms with Gasteiger partial charge in [0.25, 0.3) is 0 Å². The predicted molar refractivity (Wildman–Crippen MR) is 51.2 cm³/mol. The highest BCUT2D eigenvalue weighted by atomic mass is 32.1. The molecule has 1 fully saturated rings. The minimum Gasteiger partial charge on any atom is -0.326 e. The monoisotopic (exact) mass is 182 g/mol. The van der Waals surface area contributed by atoms with E-state index in [9.17, 15) is 0 Å². The van der Waals surface area contributed by atoms with Crippen molar-refractivity contribution in [3.63, 3.8) is 0 Å². The molecule has 2 nitrogen and oxygen atoms in total. The third-order valence-electron chi connectivity index (χ3n) is 2.28. The number of aryl methyl sites for hydroxylation is 1. The minimum atomic E-state index is 0.647. The van der Waals surface area contributed by atoms with E-state index >= 15 is 0 Å². The molecule has 1 aliphatic rings.